The Balaban J connectivity index is 1.36. The summed E-state index contributed by atoms with van der Waals surface area (Å²) in [6, 6.07) is 5.60. The third-order valence-electron chi connectivity index (χ3n) is 9.14. The quantitative estimate of drug-likeness (QED) is 0.477. The number of amides is 2. The Kier molecular flexibility index (Phi) is 7.38. The fourth-order valence-electron chi connectivity index (χ4n) is 6.52. The van der Waals surface area contributed by atoms with E-state index in [4.69, 9.17) is 9.72 Å². The molecule has 2 unspecified atom stereocenters. The molecule has 0 spiro atoms. The maximum atomic E-state index is 13.9. The summed E-state index contributed by atoms with van der Waals surface area (Å²) in [6.45, 7) is 5.42. The van der Waals surface area contributed by atoms with Crippen molar-refractivity contribution in [2.24, 2.45) is 11.3 Å². The van der Waals surface area contributed by atoms with Crippen molar-refractivity contribution >= 4 is 22.8 Å². The predicted octanol–water partition coefficient (Wildman–Crippen LogP) is 4.55. The molecule has 36 heavy (non-hydrogen) atoms. The second-order valence-corrected chi connectivity index (χ2v) is 11.7. The fourth-order valence-corrected chi connectivity index (χ4v) is 6.52. The first-order valence-corrected chi connectivity index (χ1v) is 14.1. The van der Waals surface area contributed by atoms with Gasteiger partial charge in [-0.2, -0.15) is 0 Å². The first-order chi connectivity index (χ1) is 17.4. The van der Waals surface area contributed by atoms with E-state index in [1.54, 1.807) is 0 Å². The van der Waals surface area contributed by atoms with E-state index in [0.717, 1.165) is 54.0 Å². The molecule has 196 valence electrons. The topological polar surface area (TPSA) is 96.1 Å². The minimum Gasteiger partial charge on any atom is -0.380 e. The molecule has 1 saturated heterocycles. The molecular weight excluding hydrogens is 452 g/mol. The number of carbonyl (C=O) groups is 2. The van der Waals surface area contributed by atoms with Gasteiger partial charge in [-0.25, -0.2) is 4.98 Å². The molecule has 0 bridgehead atoms. The van der Waals surface area contributed by atoms with Crippen LogP contribution in [0, 0.1) is 11.3 Å². The van der Waals surface area contributed by atoms with Gasteiger partial charge in [-0.15, -0.1) is 0 Å². The lowest BCUT2D eigenvalue weighted by atomic mass is 9.65. The second-order valence-electron chi connectivity index (χ2n) is 11.7. The van der Waals surface area contributed by atoms with Gasteiger partial charge in [0, 0.05) is 19.6 Å². The van der Waals surface area contributed by atoms with Crippen LogP contribution < -0.4 is 10.6 Å². The highest BCUT2D eigenvalue weighted by Gasteiger charge is 2.49. The lowest BCUT2D eigenvalue weighted by Crippen LogP contribution is -2.61. The third kappa shape index (κ3) is 4.91. The van der Waals surface area contributed by atoms with Gasteiger partial charge >= 0.3 is 0 Å². The molecule has 3 aliphatic rings. The van der Waals surface area contributed by atoms with Gasteiger partial charge in [0.2, 0.25) is 11.8 Å². The van der Waals surface area contributed by atoms with Gasteiger partial charge in [0.25, 0.3) is 0 Å². The van der Waals surface area contributed by atoms with E-state index >= 15 is 0 Å². The van der Waals surface area contributed by atoms with Gasteiger partial charge in [-0.05, 0) is 61.6 Å². The lowest BCUT2D eigenvalue weighted by Gasteiger charge is -2.45. The Hall–Kier alpha value is -2.41. The number of fused-ring (bicyclic) bond motifs is 1. The number of nitrogens with one attached hydrogen (secondary N) is 3. The smallest absolute Gasteiger partial charge is 0.243 e. The minimum absolute atomic E-state index is 0.0903. The van der Waals surface area contributed by atoms with Crippen molar-refractivity contribution in [2.45, 2.75) is 95.9 Å². The Morgan fingerprint density at radius 2 is 1.97 bits per heavy atom. The maximum Gasteiger partial charge on any atom is 0.243 e. The maximum absolute atomic E-state index is 13.9. The number of hydrogen-bond donors (Lipinski definition) is 3. The minimum atomic E-state index is -0.805. The number of aromatic amines is 1. The fraction of sp³-hybridized carbons (Fsp3) is 0.690. The zero-order valence-corrected chi connectivity index (χ0v) is 22.0. The molecule has 1 aliphatic heterocycles. The van der Waals surface area contributed by atoms with Crippen molar-refractivity contribution < 1.29 is 14.3 Å². The van der Waals surface area contributed by atoms with Crippen LogP contribution in [-0.4, -0.2) is 47.6 Å². The van der Waals surface area contributed by atoms with Gasteiger partial charge in [0.05, 0.1) is 23.1 Å². The number of ether oxygens (including phenoxy) is 1. The molecule has 5 rings (SSSR count). The van der Waals surface area contributed by atoms with Crippen molar-refractivity contribution in [3.63, 3.8) is 0 Å². The summed E-state index contributed by atoms with van der Waals surface area (Å²) in [4.78, 5) is 35.2. The SMILES string of the molecule is CCNC(=O)C(NC(=O)C1(c2ccc3[nH]c(CCC4CCCCC4)nc3c2)CCOC1)C1(C)CCC1. The Morgan fingerprint density at radius 1 is 1.17 bits per heavy atom. The normalized spacial score (nSPS) is 24.8. The third-order valence-corrected chi connectivity index (χ3v) is 9.14. The van der Waals surface area contributed by atoms with Gasteiger partial charge in [-0.1, -0.05) is 51.5 Å². The Morgan fingerprint density at radius 3 is 2.64 bits per heavy atom. The summed E-state index contributed by atoms with van der Waals surface area (Å²) in [6.07, 6.45) is 12.5. The predicted molar refractivity (Wildman–Crippen MR) is 141 cm³/mol. The van der Waals surface area contributed by atoms with Crippen LogP contribution in [0.3, 0.4) is 0 Å². The second kappa shape index (κ2) is 10.5. The van der Waals surface area contributed by atoms with Crippen LogP contribution in [0.2, 0.25) is 0 Å². The van der Waals surface area contributed by atoms with Gasteiger partial charge in [0.15, 0.2) is 0 Å². The highest BCUT2D eigenvalue weighted by molar-refractivity contribution is 5.94. The van der Waals surface area contributed by atoms with E-state index < -0.39 is 11.5 Å². The first-order valence-electron chi connectivity index (χ1n) is 14.1. The summed E-state index contributed by atoms with van der Waals surface area (Å²) in [5.74, 6) is 1.65. The summed E-state index contributed by atoms with van der Waals surface area (Å²) in [7, 11) is 0. The molecule has 2 aromatic rings. The molecule has 7 nitrogen and oxygen atoms in total. The molecule has 7 heteroatoms. The number of carbonyl (C=O) groups excluding carboxylic acids is 2. The van der Waals surface area contributed by atoms with E-state index in [1.165, 1.54) is 38.5 Å². The number of aryl methyl sites for hydroxylation is 1. The number of imidazole rings is 1. The first kappa shape index (κ1) is 25.2. The average Bonchev–Trinajstić information content (AvgIpc) is 3.52. The summed E-state index contributed by atoms with van der Waals surface area (Å²) < 4.78 is 5.78. The largest absolute Gasteiger partial charge is 0.380 e. The molecule has 1 aromatic carbocycles. The van der Waals surface area contributed by atoms with Gasteiger partial charge in [0.1, 0.15) is 11.9 Å². The van der Waals surface area contributed by atoms with E-state index in [-0.39, 0.29) is 17.2 Å². The number of rotatable bonds is 9. The number of hydrogen-bond acceptors (Lipinski definition) is 4. The van der Waals surface area contributed by atoms with Crippen LogP contribution in [0.4, 0.5) is 0 Å². The van der Waals surface area contributed by atoms with Crippen molar-refractivity contribution in [3.8, 4) is 0 Å². The van der Waals surface area contributed by atoms with Crippen LogP contribution in [0.5, 0.6) is 0 Å². The standard InChI is InChI=1S/C29H42N4O3/c1-3-30-26(34)25(28(2)14-7-15-28)33-27(35)29(16-17-36-19-29)21-11-12-22-23(18-21)32-24(31-22)13-10-20-8-5-4-6-9-20/h11-12,18,20,25H,3-10,13-17,19H2,1-2H3,(H,30,34)(H,31,32)(H,33,35). The molecular formula is C29H42N4O3. The van der Waals surface area contributed by atoms with E-state index in [0.29, 0.717) is 26.2 Å². The molecule has 2 atom stereocenters. The Bertz CT molecular complexity index is 1080. The van der Waals surface area contributed by atoms with Crippen LogP contribution in [0.25, 0.3) is 11.0 Å². The number of likely N-dealkylation sites (N-methyl/N-ethyl adjacent to an activating group) is 1. The van der Waals surface area contributed by atoms with Gasteiger partial charge < -0.3 is 20.4 Å². The molecule has 2 aliphatic carbocycles. The van der Waals surface area contributed by atoms with Crippen molar-refractivity contribution in [3.05, 3.63) is 29.6 Å². The zero-order chi connectivity index (χ0) is 25.2. The number of H-pyrrole nitrogens is 1. The van der Waals surface area contributed by atoms with Gasteiger partial charge in [-0.3, -0.25) is 9.59 Å². The highest BCUT2D eigenvalue weighted by Crippen LogP contribution is 2.44. The number of nitrogens with zero attached hydrogens (tertiary/aromatic N) is 1. The molecule has 3 fully saturated rings. The summed E-state index contributed by atoms with van der Waals surface area (Å²) in [5.41, 5.74) is 1.82. The van der Waals surface area contributed by atoms with Crippen molar-refractivity contribution in [1.82, 2.24) is 20.6 Å². The highest BCUT2D eigenvalue weighted by atomic mass is 16.5. The number of aromatic nitrogens is 2. The molecule has 2 amide bonds. The van der Waals surface area contributed by atoms with E-state index in [9.17, 15) is 9.59 Å². The zero-order valence-electron chi connectivity index (χ0n) is 22.0. The van der Waals surface area contributed by atoms with Crippen molar-refractivity contribution in [2.75, 3.05) is 19.8 Å². The molecule has 2 saturated carbocycles. The van der Waals surface area contributed by atoms with E-state index in [2.05, 4.69) is 28.6 Å². The van der Waals surface area contributed by atoms with Crippen LogP contribution >= 0.6 is 0 Å². The average molecular weight is 495 g/mol. The lowest BCUT2D eigenvalue weighted by molar-refractivity contribution is -0.136. The van der Waals surface area contributed by atoms with Crippen LogP contribution in [0.1, 0.15) is 89.4 Å². The number of benzene rings is 1. The molecule has 1 aromatic heterocycles. The molecule has 0 radical (unpaired) electrons. The van der Waals surface area contributed by atoms with Crippen LogP contribution in [-0.2, 0) is 26.2 Å². The Labute approximate surface area is 214 Å². The van der Waals surface area contributed by atoms with Crippen molar-refractivity contribution in [1.29, 1.82) is 0 Å². The monoisotopic (exact) mass is 494 g/mol. The molecule has 2 heterocycles. The molecule has 3 N–H and O–H groups in total. The van der Waals surface area contributed by atoms with Crippen LogP contribution in [0.15, 0.2) is 18.2 Å². The summed E-state index contributed by atoms with van der Waals surface area (Å²) in [5, 5.41) is 6.11. The summed E-state index contributed by atoms with van der Waals surface area (Å²) >= 11 is 0. The van der Waals surface area contributed by atoms with E-state index in [1.807, 2.05) is 19.1 Å².